The SMILES string of the molecule is CC(CNCc1cccs1)Oc1ccccc1C(F)(F)F. The Kier molecular flexibility index (Phi) is 5.25. The maximum absolute atomic E-state index is 12.8. The maximum atomic E-state index is 12.8. The summed E-state index contributed by atoms with van der Waals surface area (Å²) in [5.74, 6) is -0.129. The van der Waals surface area contributed by atoms with E-state index in [1.54, 1.807) is 18.3 Å². The first-order chi connectivity index (χ1) is 9.97. The zero-order valence-corrected chi connectivity index (χ0v) is 12.3. The van der Waals surface area contributed by atoms with Gasteiger partial charge in [-0.15, -0.1) is 11.3 Å². The van der Waals surface area contributed by atoms with Gasteiger partial charge < -0.3 is 10.1 Å². The molecule has 2 nitrogen and oxygen atoms in total. The Labute approximate surface area is 125 Å². The van der Waals surface area contributed by atoms with E-state index in [1.807, 2.05) is 17.5 Å². The molecule has 0 aliphatic heterocycles. The van der Waals surface area contributed by atoms with Gasteiger partial charge in [0, 0.05) is 18.0 Å². The van der Waals surface area contributed by atoms with Crippen LogP contribution in [0.4, 0.5) is 13.2 Å². The van der Waals surface area contributed by atoms with E-state index < -0.39 is 11.7 Å². The first-order valence-electron chi connectivity index (χ1n) is 6.53. The van der Waals surface area contributed by atoms with Crippen molar-refractivity contribution in [3.63, 3.8) is 0 Å². The highest BCUT2D eigenvalue weighted by Crippen LogP contribution is 2.36. The minimum absolute atomic E-state index is 0.129. The van der Waals surface area contributed by atoms with Crippen LogP contribution in [-0.2, 0) is 12.7 Å². The standard InChI is InChI=1S/C15H16F3NOS/c1-11(9-19-10-12-5-4-8-21-12)20-14-7-3-2-6-13(14)15(16,17)18/h2-8,11,19H,9-10H2,1H3. The second-order valence-electron chi connectivity index (χ2n) is 4.63. The number of hydrogen-bond acceptors (Lipinski definition) is 3. The van der Waals surface area contributed by atoms with Gasteiger partial charge in [-0.2, -0.15) is 13.2 Å². The molecule has 0 saturated carbocycles. The zero-order chi connectivity index (χ0) is 15.3. The number of rotatable bonds is 6. The number of para-hydroxylation sites is 1. The lowest BCUT2D eigenvalue weighted by Gasteiger charge is -2.19. The van der Waals surface area contributed by atoms with Gasteiger partial charge in [-0.05, 0) is 30.5 Å². The summed E-state index contributed by atoms with van der Waals surface area (Å²) in [7, 11) is 0. The number of hydrogen-bond donors (Lipinski definition) is 1. The Morgan fingerprint density at radius 3 is 2.62 bits per heavy atom. The fraction of sp³-hybridized carbons (Fsp3) is 0.333. The van der Waals surface area contributed by atoms with Gasteiger partial charge >= 0.3 is 6.18 Å². The fourth-order valence-corrected chi connectivity index (χ4v) is 2.55. The molecule has 0 spiro atoms. The second kappa shape index (κ2) is 6.95. The molecule has 114 valence electrons. The Bertz CT molecular complexity index is 554. The molecule has 0 radical (unpaired) electrons. The van der Waals surface area contributed by atoms with Crippen LogP contribution in [0, 0.1) is 0 Å². The van der Waals surface area contributed by atoms with Gasteiger partial charge in [0.25, 0.3) is 0 Å². The first kappa shape index (κ1) is 15.9. The molecule has 1 aromatic heterocycles. The normalized spacial score (nSPS) is 13.1. The molecule has 6 heteroatoms. The van der Waals surface area contributed by atoms with Gasteiger partial charge in [0.1, 0.15) is 11.9 Å². The number of halogens is 3. The number of thiophene rings is 1. The lowest BCUT2D eigenvalue weighted by atomic mass is 10.2. The van der Waals surface area contributed by atoms with Crippen molar-refractivity contribution in [2.75, 3.05) is 6.54 Å². The van der Waals surface area contributed by atoms with Gasteiger partial charge in [0.2, 0.25) is 0 Å². The molecular formula is C15H16F3NOS. The molecule has 0 aliphatic rings. The number of alkyl halides is 3. The van der Waals surface area contributed by atoms with Gasteiger partial charge in [0.05, 0.1) is 5.56 Å². The molecule has 1 N–H and O–H groups in total. The van der Waals surface area contributed by atoms with Crippen molar-refractivity contribution in [3.05, 3.63) is 52.2 Å². The summed E-state index contributed by atoms with van der Waals surface area (Å²) in [4.78, 5) is 1.18. The molecule has 0 amide bonds. The highest BCUT2D eigenvalue weighted by molar-refractivity contribution is 7.09. The lowest BCUT2D eigenvalue weighted by molar-refractivity contribution is -0.139. The molecule has 0 aliphatic carbocycles. The monoisotopic (exact) mass is 315 g/mol. The predicted molar refractivity (Wildman–Crippen MR) is 77.6 cm³/mol. The van der Waals surface area contributed by atoms with Crippen LogP contribution >= 0.6 is 11.3 Å². The van der Waals surface area contributed by atoms with Crippen molar-refractivity contribution in [3.8, 4) is 5.75 Å². The van der Waals surface area contributed by atoms with Crippen LogP contribution in [0.15, 0.2) is 41.8 Å². The van der Waals surface area contributed by atoms with E-state index in [2.05, 4.69) is 5.32 Å². The van der Waals surface area contributed by atoms with E-state index in [1.165, 1.54) is 23.1 Å². The zero-order valence-electron chi connectivity index (χ0n) is 11.5. The fourth-order valence-electron chi connectivity index (χ4n) is 1.87. The highest BCUT2D eigenvalue weighted by atomic mass is 32.1. The molecule has 1 aromatic carbocycles. The summed E-state index contributed by atoms with van der Waals surface area (Å²) in [6.45, 7) is 2.91. The lowest BCUT2D eigenvalue weighted by Crippen LogP contribution is -2.29. The summed E-state index contributed by atoms with van der Waals surface area (Å²) in [6, 6.07) is 9.23. The van der Waals surface area contributed by atoms with Gasteiger partial charge in [-0.25, -0.2) is 0 Å². The van der Waals surface area contributed by atoms with E-state index in [4.69, 9.17) is 4.74 Å². The van der Waals surface area contributed by atoms with E-state index in [9.17, 15) is 13.2 Å². The topological polar surface area (TPSA) is 21.3 Å². The van der Waals surface area contributed by atoms with Gasteiger partial charge in [-0.1, -0.05) is 18.2 Å². The van der Waals surface area contributed by atoms with Crippen LogP contribution in [0.1, 0.15) is 17.4 Å². The third kappa shape index (κ3) is 4.75. The average Bonchev–Trinajstić information content (AvgIpc) is 2.91. The van der Waals surface area contributed by atoms with E-state index in [0.29, 0.717) is 13.1 Å². The van der Waals surface area contributed by atoms with Gasteiger partial charge in [0.15, 0.2) is 0 Å². The smallest absolute Gasteiger partial charge is 0.419 e. The Morgan fingerprint density at radius 1 is 1.19 bits per heavy atom. The highest BCUT2D eigenvalue weighted by Gasteiger charge is 2.34. The molecule has 1 unspecified atom stereocenters. The summed E-state index contributed by atoms with van der Waals surface area (Å²) < 4.78 is 43.9. The largest absolute Gasteiger partial charge is 0.489 e. The quantitative estimate of drug-likeness (QED) is 0.857. The molecule has 21 heavy (non-hydrogen) atoms. The molecule has 2 aromatic rings. The van der Waals surface area contributed by atoms with Crippen molar-refractivity contribution in [2.45, 2.75) is 25.7 Å². The molecule has 2 rings (SSSR count). The Balaban J connectivity index is 1.89. The van der Waals surface area contributed by atoms with E-state index in [0.717, 1.165) is 6.07 Å². The summed E-state index contributed by atoms with van der Waals surface area (Å²) in [6.07, 6.45) is -4.76. The van der Waals surface area contributed by atoms with Crippen LogP contribution in [0.2, 0.25) is 0 Å². The van der Waals surface area contributed by atoms with Crippen LogP contribution in [0.25, 0.3) is 0 Å². The summed E-state index contributed by atoms with van der Waals surface area (Å²) in [5.41, 5.74) is -0.741. The van der Waals surface area contributed by atoms with Crippen molar-refractivity contribution in [1.29, 1.82) is 0 Å². The van der Waals surface area contributed by atoms with Crippen molar-refractivity contribution >= 4 is 11.3 Å². The molecule has 0 fully saturated rings. The van der Waals surface area contributed by atoms with Crippen LogP contribution in [-0.4, -0.2) is 12.6 Å². The molecule has 1 atom stereocenters. The molecule has 0 saturated heterocycles. The molecule has 1 heterocycles. The Hall–Kier alpha value is -1.53. The molecule has 0 bridgehead atoms. The number of nitrogens with one attached hydrogen (secondary N) is 1. The maximum Gasteiger partial charge on any atom is 0.419 e. The van der Waals surface area contributed by atoms with Gasteiger partial charge in [-0.3, -0.25) is 0 Å². The van der Waals surface area contributed by atoms with Crippen LogP contribution in [0.5, 0.6) is 5.75 Å². The number of benzene rings is 1. The minimum atomic E-state index is -4.40. The van der Waals surface area contributed by atoms with E-state index in [-0.39, 0.29) is 11.9 Å². The van der Waals surface area contributed by atoms with Crippen LogP contribution < -0.4 is 10.1 Å². The summed E-state index contributed by atoms with van der Waals surface area (Å²) >= 11 is 1.63. The number of ether oxygens (including phenoxy) is 1. The van der Waals surface area contributed by atoms with Crippen molar-refractivity contribution in [1.82, 2.24) is 5.32 Å². The second-order valence-corrected chi connectivity index (χ2v) is 5.66. The third-order valence-corrected chi connectivity index (χ3v) is 3.71. The average molecular weight is 315 g/mol. The Morgan fingerprint density at radius 2 is 1.95 bits per heavy atom. The van der Waals surface area contributed by atoms with Crippen LogP contribution in [0.3, 0.4) is 0 Å². The van der Waals surface area contributed by atoms with E-state index >= 15 is 0 Å². The van der Waals surface area contributed by atoms with Crippen molar-refractivity contribution < 1.29 is 17.9 Å². The molecular weight excluding hydrogens is 299 g/mol. The first-order valence-corrected chi connectivity index (χ1v) is 7.41. The third-order valence-electron chi connectivity index (χ3n) is 2.83. The predicted octanol–water partition coefficient (Wildman–Crippen LogP) is 4.32. The minimum Gasteiger partial charge on any atom is -0.489 e. The van der Waals surface area contributed by atoms with Crippen molar-refractivity contribution in [2.24, 2.45) is 0 Å². The summed E-state index contributed by atoms with van der Waals surface area (Å²) in [5, 5.41) is 5.15.